The van der Waals surface area contributed by atoms with E-state index in [0.717, 1.165) is 41.6 Å². The molecule has 0 spiro atoms. The number of hydrogen-bond donors (Lipinski definition) is 1. The molecular weight excluding hydrogens is 410 g/mol. The molecule has 2 aromatic heterocycles. The number of aryl methyl sites for hydroxylation is 1. The van der Waals surface area contributed by atoms with Gasteiger partial charge in [0.1, 0.15) is 5.76 Å². The molecule has 1 fully saturated rings. The molecule has 1 saturated heterocycles. The molecule has 0 aliphatic carbocycles. The van der Waals surface area contributed by atoms with Crippen molar-refractivity contribution in [2.75, 3.05) is 42.9 Å². The van der Waals surface area contributed by atoms with E-state index in [2.05, 4.69) is 53.3 Å². The molecular formula is C19H20BrN5O2. The molecule has 8 heteroatoms. The van der Waals surface area contributed by atoms with E-state index in [0.29, 0.717) is 18.1 Å². The van der Waals surface area contributed by atoms with Crippen molar-refractivity contribution in [2.45, 2.75) is 6.92 Å². The Morgan fingerprint density at radius 3 is 2.78 bits per heavy atom. The van der Waals surface area contributed by atoms with Crippen LogP contribution in [0.4, 0.5) is 11.5 Å². The van der Waals surface area contributed by atoms with E-state index in [9.17, 15) is 4.79 Å². The summed E-state index contributed by atoms with van der Waals surface area (Å²) in [5, 5.41) is 7.71. The van der Waals surface area contributed by atoms with Gasteiger partial charge >= 0.3 is 0 Å². The number of aromatic nitrogens is 2. The molecule has 0 radical (unpaired) electrons. The lowest BCUT2D eigenvalue weighted by Gasteiger charge is -2.36. The van der Waals surface area contributed by atoms with Crippen LogP contribution in [0.1, 0.15) is 5.76 Å². The molecule has 1 amide bonds. The van der Waals surface area contributed by atoms with Gasteiger partial charge in [-0.2, -0.15) is 0 Å². The minimum absolute atomic E-state index is 0.0732. The van der Waals surface area contributed by atoms with Crippen LogP contribution in [0.2, 0.25) is 0 Å². The number of carbonyl (C=O) groups is 1. The van der Waals surface area contributed by atoms with Crippen molar-refractivity contribution in [3.63, 3.8) is 0 Å². The predicted octanol–water partition coefficient (Wildman–Crippen LogP) is 3.05. The summed E-state index contributed by atoms with van der Waals surface area (Å²) in [6.45, 7) is 5.53. The number of benzene rings is 1. The molecule has 7 nitrogen and oxygen atoms in total. The van der Waals surface area contributed by atoms with Gasteiger partial charge in [0.15, 0.2) is 5.82 Å². The molecule has 3 heterocycles. The van der Waals surface area contributed by atoms with Crippen molar-refractivity contribution >= 4 is 44.2 Å². The predicted molar refractivity (Wildman–Crippen MR) is 108 cm³/mol. The van der Waals surface area contributed by atoms with E-state index in [-0.39, 0.29) is 5.91 Å². The Morgan fingerprint density at radius 1 is 1.22 bits per heavy atom. The molecule has 1 aromatic carbocycles. The third-order valence-corrected chi connectivity index (χ3v) is 5.15. The lowest BCUT2D eigenvalue weighted by molar-refractivity contribution is -0.117. The first kappa shape index (κ1) is 17.9. The smallest absolute Gasteiger partial charge is 0.239 e. The second-order valence-electron chi connectivity index (χ2n) is 6.63. The SMILES string of the molecule is Cc1cc(NC(=O)CN2CCN(c3ccnc4cc(Br)ccc34)CC2)no1. The number of nitrogens with zero attached hydrogens (tertiary/aromatic N) is 4. The van der Waals surface area contributed by atoms with Gasteiger partial charge in [-0.3, -0.25) is 14.7 Å². The van der Waals surface area contributed by atoms with Crippen LogP contribution in [0, 0.1) is 6.92 Å². The summed E-state index contributed by atoms with van der Waals surface area (Å²) in [5.41, 5.74) is 2.17. The van der Waals surface area contributed by atoms with Crippen LogP contribution in [0.25, 0.3) is 10.9 Å². The van der Waals surface area contributed by atoms with Gasteiger partial charge in [-0.25, -0.2) is 0 Å². The van der Waals surface area contributed by atoms with Crippen LogP contribution in [-0.2, 0) is 4.79 Å². The number of halogens is 1. The quantitative estimate of drug-likeness (QED) is 0.686. The standard InChI is InChI=1S/C19H20BrN5O2/c1-13-10-18(23-27-13)22-19(26)12-24-6-8-25(9-7-24)17-4-5-21-16-11-14(20)2-3-15(16)17/h2-5,10-11H,6-9,12H2,1H3,(H,22,23,26). The maximum absolute atomic E-state index is 12.2. The molecule has 0 bridgehead atoms. The highest BCUT2D eigenvalue weighted by molar-refractivity contribution is 9.10. The zero-order valence-electron chi connectivity index (χ0n) is 15.0. The van der Waals surface area contributed by atoms with Gasteiger partial charge in [0.2, 0.25) is 5.91 Å². The normalized spacial score (nSPS) is 15.3. The van der Waals surface area contributed by atoms with Crippen LogP contribution in [0.3, 0.4) is 0 Å². The summed E-state index contributed by atoms with van der Waals surface area (Å²) < 4.78 is 5.99. The highest BCUT2D eigenvalue weighted by Gasteiger charge is 2.21. The van der Waals surface area contributed by atoms with E-state index < -0.39 is 0 Å². The average Bonchev–Trinajstić information content (AvgIpc) is 3.06. The third-order valence-electron chi connectivity index (χ3n) is 4.66. The Balaban J connectivity index is 1.37. The molecule has 3 aromatic rings. The number of hydrogen-bond acceptors (Lipinski definition) is 6. The minimum Gasteiger partial charge on any atom is -0.368 e. The number of fused-ring (bicyclic) bond motifs is 1. The minimum atomic E-state index is -0.0732. The van der Waals surface area contributed by atoms with Gasteiger partial charge in [-0.05, 0) is 31.2 Å². The Hall–Kier alpha value is -2.45. The highest BCUT2D eigenvalue weighted by Crippen LogP contribution is 2.28. The highest BCUT2D eigenvalue weighted by atomic mass is 79.9. The van der Waals surface area contributed by atoms with Crippen molar-refractivity contribution in [2.24, 2.45) is 0 Å². The van der Waals surface area contributed by atoms with E-state index in [4.69, 9.17) is 4.52 Å². The molecule has 27 heavy (non-hydrogen) atoms. The Morgan fingerprint density at radius 2 is 2.04 bits per heavy atom. The zero-order chi connectivity index (χ0) is 18.8. The summed E-state index contributed by atoms with van der Waals surface area (Å²) in [6.07, 6.45) is 1.85. The molecule has 1 aliphatic heterocycles. The van der Waals surface area contributed by atoms with Gasteiger partial charge in [-0.1, -0.05) is 21.1 Å². The van der Waals surface area contributed by atoms with Crippen LogP contribution in [-0.4, -0.2) is 53.7 Å². The zero-order valence-corrected chi connectivity index (χ0v) is 16.6. The number of rotatable bonds is 4. The van der Waals surface area contributed by atoms with Gasteiger partial charge in [0.25, 0.3) is 0 Å². The topological polar surface area (TPSA) is 74.5 Å². The number of anilines is 2. The van der Waals surface area contributed by atoms with E-state index in [1.807, 2.05) is 18.3 Å². The van der Waals surface area contributed by atoms with Crippen LogP contribution in [0.15, 0.2) is 45.5 Å². The summed E-state index contributed by atoms with van der Waals surface area (Å²) in [7, 11) is 0. The summed E-state index contributed by atoms with van der Waals surface area (Å²) in [5.74, 6) is 1.07. The number of pyridine rings is 1. The van der Waals surface area contributed by atoms with E-state index >= 15 is 0 Å². The summed E-state index contributed by atoms with van der Waals surface area (Å²) >= 11 is 3.50. The van der Waals surface area contributed by atoms with Crippen molar-refractivity contribution in [1.82, 2.24) is 15.0 Å². The second kappa shape index (κ2) is 7.66. The van der Waals surface area contributed by atoms with Crippen molar-refractivity contribution in [3.8, 4) is 0 Å². The lowest BCUT2D eigenvalue weighted by atomic mass is 10.1. The number of piperazine rings is 1. The summed E-state index contributed by atoms with van der Waals surface area (Å²) in [6, 6.07) is 9.94. The fourth-order valence-electron chi connectivity index (χ4n) is 3.34. The molecule has 1 aliphatic rings. The molecule has 1 N–H and O–H groups in total. The van der Waals surface area contributed by atoms with Crippen LogP contribution < -0.4 is 10.2 Å². The Labute approximate surface area is 165 Å². The van der Waals surface area contributed by atoms with Crippen molar-refractivity contribution < 1.29 is 9.32 Å². The van der Waals surface area contributed by atoms with Crippen molar-refractivity contribution in [1.29, 1.82) is 0 Å². The maximum Gasteiger partial charge on any atom is 0.239 e. The fraction of sp³-hybridized carbons (Fsp3) is 0.316. The first-order valence-electron chi connectivity index (χ1n) is 8.83. The summed E-state index contributed by atoms with van der Waals surface area (Å²) in [4.78, 5) is 21.2. The molecule has 0 unspecified atom stereocenters. The monoisotopic (exact) mass is 429 g/mol. The lowest BCUT2D eigenvalue weighted by Crippen LogP contribution is -2.48. The number of carbonyl (C=O) groups excluding carboxylic acids is 1. The second-order valence-corrected chi connectivity index (χ2v) is 7.54. The van der Waals surface area contributed by atoms with Gasteiger partial charge in [0, 0.05) is 54.0 Å². The first-order chi connectivity index (χ1) is 13.1. The van der Waals surface area contributed by atoms with Crippen LogP contribution in [0.5, 0.6) is 0 Å². The number of nitrogens with one attached hydrogen (secondary N) is 1. The van der Waals surface area contributed by atoms with E-state index in [1.165, 1.54) is 5.69 Å². The molecule has 0 atom stereocenters. The maximum atomic E-state index is 12.2. The Bertz CT molecular complexity index is 966. The van der Waals surface area contributed by atoms with Gasteiger partial charge in [-0.15, -0.1) is 0 Å². The van der Waals surface area contributed by atoms with E-state index in [1.54, 1.807) is 13.0 Å². The third kappa shape index (κ3) is 4.12. The number of amides is 1. The molecule has 4 rings (SSSR count). The van der Waals surface area contributed by atoms with Gasteiger partial charge in [0.05, 0.1) is 12.1 Å². The first-order valence-corrected chi connectivity index (χ1v) is 9.62. The van der Waals surface area contributed by atoms with Gasteiger partial charge < -0.3 is 14.7 Å². The average molecular weight is 430 g/mol. The molecule has 0 saturated carbocycles. The largest absolute Gasteiger partial charge is 0.368 e. The molecule has 140 valence electrons. The van der Waals surface area contributed by atoms with Crippen LogP contribution >= 0.6 is 15.9 Å². The van der Waals surface area contributed by atoms with Crippen molar-refractivity contribution in [3.05, 3.63) is 46.8 Å². The fourth-order valence-corrected chi connectivity index (χ4v) is 3.69. The Kier molecular flexibility index (Phi) is 5.09.